The van der Waals surface area contributed by atoms with E-state index in [4.69, 9.17) is 0 Å². The Morgan fingerprint density at radius 3 is 2.62 bits per heavy atom. The second-order valence-corrected chi connectivity index (χ2v) is 8.75. The highest BCUT2D eigenvalue weighted by molar-refractivity contribution is 5.16. The third-order valence-electron chi connectivity index (χ3n) is 6.70. The Morgan fingerprint density at radius 2 is 2.00 bits per heavy atom. The maximum atomic E-state index is 10.3. The monoisotopic (exact) mass is 290 g/mol. The van der Waals surface area contributed by atoms with E-state index in [-0.39, 0.29) is 0 Å². The van der Waals surface area contributed by atoms with Gasteiger partial charge in [-0.25, -0.2) is 0 Å². The summed E-state index contributed by atoms with van der Waals surface area (Å²) in [4.78, 5) is 0. The van der Waals surface area contributed by atoms with Crippen LogP contribution in [0, 0.1) is 22.7 Å². The third kappa shape index (κ3) is 3.13. The van der Waals surface area contributed by atoms with Crippen molar-refractivity contribution in [2.24, 2.45) is 22.7 Å². The van der Waals surface area contributed by atoms with Gasteiger partial charge in [0.25, 0.3) is 0 Å². The summed E-state index contributed by atoms with van der Waals surface area (Å²) in [5.74, 6) is 1.35. The number of fused-ring (bicyclic) bond motifs is 1. The molecule has 1 heteroatoms. The largest absolute Gasteiger partial charge is 0.386 e. The van der Waals surface area contributed by atoms with Crippen molar-refractivity contribution in [2.45, 2.75) is 78.2 Å². The lowest BCUT2D eigenvalue weighted by molar-refractivity contribution is -0.0583. The van der Waals surface area contributed by atoms with Crippen molar-refractivity contribution in [1.82, 2.24) is 0 Å². The van der Waals surface area contributed by atoms with Crippen LogP contribution >= 0.6 is 0 Å². The second kappa shape index (κ2) is 5.57. The molecule has 0 aromatic rings. The minimum atomic E-state index is -0.742. The van der Waals surface area contributed by atoms with Crippen molar-refractivity contribution < 1.29 is 5.11 Å². The highest BCUT2D eigenvalue weighted by atomic mass is 16.3. The zero-order valence-electron chi connectivity index (χ0n) is 14.5. The molecule has 0 spiro atoms. The van der Waals surface area contributed by atoms with Gasteiger partial charge in [-0.3, -0.25) is 0 Å². The molecule has 0 aromatic heterocycles. The molecule has 0 bridgehead atoms. The van der Waals surface area contributed by atoms with Gasteiger partial charge in [-0.2, -0.15) is 0 Å². The summed E-state index contributed by atoms with van der Waals surface area (Å²) in [6.45, 7) is 17.4. The first-order valence-corrected chi connectivity index (χ1v) is 8.66. The van der Waals surface area contributed by atoms with Crippen molar-refractivity contribution in [3.05, 3.63) is 24.8 Å². The molecule has 4 atom stereocenters. The third-order valence-corrected chi connectivity index (χ3v) is 6.70. The van der Waals surface area contributed by atoms with Gasteiger partial charge in [0.1, 0.15) is 0 Å². The van der Waals surface area contributed by atoms with E-state index >= 15 is 0 Å². The van der Waals surface area contributed by atoms with Gasteiger partial charge in [-0.15, -0.1) is 6.58 Å². The van der Waals surface area contributed by atoms with Crippen LogP contribution in [0.3, 0.4) is 0 Å². The van der Waals surface area contributed by atoms with Crippen LogP contribution in [0.5, 0.6) is 0 Å². The van der Waals surface area contributed by atoms with Crippen LogP contribution in [0.25, 0.3) is 0 Å². The Kier molecular flexibility index (Phi) is 4.46. The molecule has 2 aliphatic rings. The molecule has 0 aliphatic heterocycles. The van der Waals surface area contributed by atoms with Crippen molar-refractivity contribution in [2.75, 3.05) is 0 Å². The van der Waals surface area contributed by atoms with Gasteiger partial charge < -0.3 is 5.11 Å². The van der Waals surface area contributed by atoms with Crippen LogP contribution in [0.4, 0.5) is 0 Å². The topological polar surface area (TPSA) is 20.2 Å². The summed E-state index contributed by atoms with van der Waals surface area (Å²) in [7, 11) is 0. The van der Waals surface area contributed by atoms with E-state index in [1.807, 2.05) is 6.92 Å². The Hall–Kier alpha value is -0.560. The van der Waals surface area contributed by atoms with Gasteiger partial charge in [-0.1, -0.05) is 45.4 Å². The quantitative estimate of drug-likeness (QED) is 0.678. The minimum absolute atomic E-state index is 0.369. The van der Waals surface area contributed by atoms with Gasteiger partial charge in [0, 0.05) is 0 Å². The standard InChI is InChI=1S/C20H34O/c1-7-19(5,21)14-11-16-15(2)9-10-17-18(3,4)12-8-13-20(16,17)6/h7,16-17,21H,1-2,8-14H2,3-6H3/t16-,17-,19?,20+/m1/s1. The van der Waals surface area contributed by atoms with Crippen molar-refractivity contribution in [3.63, 3.8) is 0 Å². The molecule has 0 aromatic carbocycles. The normalized spacial score (nSPS) is 38.4. The van der Waals surface area contributed by atoms with E-state index in [1.54, 1.807) is 6.08 Å². The molecule has 21 heavy (non-hydrogen) atoms. The van der Waals surface area contributed by atoms with Crippen molar-refractivity contribution >= 4 is 0 Å². The predicted molar refractivity (Wildman–Crippen MR) is 91.1 cm³/mol. The first-order chi connectivity index (χ1) is 9.62. The average molecular weight is 290 g/mol. The molecule has 1 N–H and O–H groups in total. The molecule has 0 amide bonds. The molecule has 1 nitrogen and oxygen atoms in total. The van der Waals surface area contributed by atoms with Crippen LogP contribution in [0.1, 0.15) is 72.6 Å². The fourth-order valence-corrected chi connectivity index (χ4v) is 5.35. The number of hydrogen-bond acceptors (Lipinski definition) is 1. The molecule has 2 rings (SSSR count). The smallest absolute Gasteiger partial charge is 0.0797 e. The molecule has 2 saturated carbocycles. The second-order valence-electron chi connectivity index (χ2n) is 8.75. The zero-order chi connectivity index (χ0) is 15.9. The first kappa shape index (κ1) is 16.8. The van der Waals surface area contributed by atoms with Gasteiger partial charge in [0.15, 0.2) is 0 Å². The van der Waals surface area contributed by atoms with Crippen LogP contribution < -0.4 is 0 Å². The maximum absolute atomic E-state index is 10.3. The highest BCUT2D eigenvalue weighted by Crippen LogP contribution is 2.61. The average Bonchev–Trinajstić information content (AvgIpc) is 2.36. The Labute approximate surface area is 131 Å². The van der Waals surface area contributed by atoms with Gasteiger partial charge in [0.05, 0.1) is 5.60 Å². The van der Waals surface area contributed by atoms with Gasteiger partial charge in [-0.05, 0) is 68.1 Å². The molecule has 1 unspecified atom stereocenters. The number of aliphatic hydroxyl groups is 1. The Balaban J connectivity index is 2.21. The van der Waals surface area contributed by atoms with Gasteiger partial charge >= 0.3 is 0 Å². The van der Waals surface area contributed by atoms with Crippen LogP contribution in [-0.4, -0.2) is 10.7 Å². The Morgan fingerprint density at radius 1 is 1.33 bits per heavy atom. The van der Waals surface area contributed by atoms with Crippen LogP contribution in [0.15, 0.2) is 24.8 Å². The fourth-order valence-electron chi connectivity index (χ4n) is 5.35. The molecule has 0 radical (unpaired) electrons. The summed E-state index contributed by atoms with van der Waals surface area (Å²) in [5, 5.41) is 10.3. The van der Waals surface area contributed by atoms with E-state index in [0.29, 0.717) is 16.7 Å². The van der Waals surface area contributed by atoms with Crippen LogP contribution in [-0.2, 0) is 0 Å². The zero-order valence-corrected chi connectivity index (χ0v) is 14.5. The lowest BCUT2D eigenvalue weighted by Crippen LogP contribution is -2.49. The van der Waals surface area contributed by atoms with Gasteiger partial charge in [0.2, 0.25) is 0 Å². The predicted octanol–water partition coefficient (Wildman–Crippen LogP) is 5.50. The van der Waals surface area contributed by atoms with E-state index in [9.17, 15) is 5.11 Å². The molecular weight excluding hydrogens is 256 g/mol. The maximum Gasteiger partial charge on any atom is 0.0797 e. The highest BCUT2D eigenvalue weighted by Gasteiger charge is 2.52. The number of hydrogen-bond donors (Lipinski definition) is 1. The summed E-state index contributed by atoms with van der Waals surface area (Å²) < 4.78 is 0. The van der Waals surface area contributed by atoms with E-state index in [2.05, 4.69) is 33.9 Å². The Bertz CT molecular complexity index is 418. The summed E-state index contributed by atoms with van der Waals surface area (Å²) in [6, 6.07) is 0. The summed E-state index contributed by atoms with van der Waals surface area (Å²) in [6.07, 6.45) is 10.0. The molecule has 120 valence electrons. The van der Waals surface area contributed by atoms with Crippen molar-refractivity contribution in [1.29, 1.82) is 0 Å². The molecule has 0 saturated heterocycles. The lowest BCUT2D eigenvalue weighted by atomic mass is 9.47. The minimum Gasteiger partial charge on any atom is -0.386 e. The molecular formula is C20H34O. The molecule has 2 aliphatic carbocycles. The van der Waals surface area contributed by atoms with Crippen LogP contribution in [0.2, 0.25) is 0 Å². The fraction of sp³-hybridized carbons (Fsp3) is 0.800. The summed E-state index contributed by atoms with van der Waals surface area (Å²) in [5.41, 5.74) is 1.50. The first-order valence-electron chi connectivity index (χ1n) is 8.66. The SMILES string of the molecule is C=CC(C)(O)CC[C@@H]1C(=C)CC[C@@H]2C(C)(C)CCC[C@@]12C. The van der Waals surface area contributed by atoms with E-state index in [1.165, 1.54) is 37.7 Å². The number of rotatable bonds is 4. The number of allylic oxidation sites excluding steroid dienone is 1. The summed E-state index contributed by atoms with van der Waals surface area (Å²) >= 11 is 0. The van der Waals surface area contributed by atoms with E-state index < -0.39 is 5.60 Å². The molecule has 2 fully saturated rings. The van der Waals surface area contributed by atoms with Crippen molar-refractivity contribution in [3.8, 4) is 0 Å². The molecule has 0 heterocycles. The lowest BCUT2D eigenvalue weighted by Gasteiger charge is -2.58. The van der Waals surface area contributed by atoms with E-state index in [0.717, 1.165) is 18.8 Å².